The van der Waals surface area contributed by atoms with Crippen LogP contribution in [0, 0.1) is 13.8 Å². The van der Waals surface area contributed by atoms with Crippen molar-refractivity contribution in [2.24, 2.45) is 5.16 Å². The summed E-state index contributed by atoms with van der Waals surface area (Å²) in [6.45, 7) is 5.11. The number of aromatic nitrogens is 5. The maximum atomic E-state index is 9.18. The number of benzene rings is 1. The van der Waals surface area contributed by atoms with E-state index in [9.17, 15) is 5.11 Å². The number of aliphatic hydroxyl groups excluding tert-OH is 1. The predicted octanol–water partition coefficient (Wildman–Crippen LogP) is 2.64. The SMILES string of the molecule is COc1ccc(/C=N\OCc2nc3c4c(C)c(C)n(CCCO)c4ncn3n2)cc1. The number of nitrogens with zero attached hydrogens (tertiary/aromatic N) is 6. The predicted molar refractivity (Wildman–Crippen MR) is 113 cm³/mol. The molecule has 3 heterocycles. The van der Waals surface area contributed by atoms with Gasteiger partial charge in [-0.3, -0.25) is 0 Å². The summed E-state index contributed by atoms with van der Waals surface area (Å²) in [5.74, 6) is 1.31. The fraction of sp³-hybridized carbons (Fsp3) is 0.333. The molecule has 0 unspecified atom stereocenters. The molecule has 0 radical (unpaired) electrons. The first kappa shape index (κ1) is 19.8. The van der Waals surface area contributed by atoms with Crippen LogP contribution < -0.4 is 4.74 Å². The molecular weight excluding hydrogens is 384 g/mol. The van der Waals surface area contributed by atoms with Crippen LogP contribution in [0.3, 0.4) is 0 Å². The fourth-order valence-corrected chi connectivity index (χ4v) is 3.42. The molecule has 9 nitrogen and oxygen atoms in total. The van der Waals surface area contributed by atoms with Gasteiger partial charge in [0, 0.05) is 18.8 Å². The van der Waals surface area contributed by atoms with Crippen molar-refractivity contribution in [1.29, 1.82) is 0 Å². The van der Waals surface area contributed by atoms with Crippen molar-refractivity contribution in [3.05, 3.63) is 53.2 Å². The van der Waals surface area contributed by atoms with Gasteiger partial charge < -0.3 is 19.2 Å². The fourth-order valence-electron chi connectivity index (χ4n) is 3.42. The van der Waals surface area contributed by atoms with E-state index < -0.39 is 0 Å². The third-order valence-electron chi connectivity index (χ3n) is 5.12. The second-order valence-corrected chi connectivity index (χ2v) is 6.96. The molecule has 4 aromatic rings. The largest absolute Gasteiger partial charge is 0.497 e. The van der Waals surface area contributed by atoms with Gasteiger partial charge in [0.15, 0.2) is 18.1 Å². The summed E-state index contributed by atoms with van der Waals surface area (Å²) in [4.78, 5) is 14.6. The van der Waals surface area contributed by atoms with Crippen LogP contribution in [0.4, 0.5) is 0 Å². The molecule has 0 bridgehead atoms. The van der Waals surface area contributed by atoms with Crippen LogP contribution in [0.25, 0.3) is 16.7 Å². The van der Waals surface area contributed by atoms with E-state index in [1.165, 1.54) is 0 Å². The number of aliphatic hydroxyl groups is 1. The first-order chi connectivity index (χ1) is 14.6. The van der Waals surface area contributed by atoms with Gasteiger partial charge in [-0.15, -0.1) is 5.10 Å². The van der Waals surface area contributed by atoms with E-state index in [4.69, 9.17) is 9.57 Å². The van der Waals surface area contributed by atoms with E-state index in [1.807, 2.05) is 24.3 Å². The molecule has 0 saturated carbocycles. The van der Waals surface area contributed by atoms with Crippen molar-refractivity contribution in [3.8, 4) is 5.75 Å². The minimum absolute atomic E-state index is 0.143. The normalized spacial score (nSPS) is 11.7. The molecule has 1 N–H and O–H groups in total. The van der Waals surface area contributed by atoms with Crippen molar-refractivity contribution in [2.75, 3.05) is 13.7 Å². The van der Waals surface area contributed by atoms with Gasteiger partial charge in [-0.25, -0.2) is 14.5 Å². The number of rotatable bonds is 8. The van der Waals surface area contributed by atoms with Crippen molar-refractivity contribution >= 4 is 22.9 Å². The van der Waals surface area contributed by atoms with E-state index in [-0.39, 0.29) is 13.2 Å². The van der Waals surface area contributed by atoms with Crippen LogP contribution in [-0.2, 0) is 18.0 Å². The standard InChI is InChI=1S/C21H24N6O3/c1-14-15(2)26(9-4-10-28)20-19(14)21-24-18(25-27(21)13-22-20)12-30-23-11-16-5-7-17(29-3)8-6-16/h5-8,11,13,28H,4,9-10,12H2,1-3H3/b23-11-. The van der Waals surface area contributed by atoms with E-state index in [0.717, 1.165) is 39.3 Å². The first-order valence-electron chi connectivity index (χ1n) is 9.72. The zero-order valence-corrected chi connectivity index (χ0v) is 17.2. The molecule has 0 aliphatic carbocycles. The lowest BCUT2D eigenvalue weighted by Gasteiger charge is -2.05. The van der Waals surface area contributed by atoms with Crippen LogP contribution in [0.2, 0.25) is 0 Å². The summed E-state index contributed by atoms with van der Waals surface area (Å²) < 4.78 is 8.92. The quantitative estimate of drug-likeness (QED) is 0.355. The lowest BCUT2D eigenvalue weighted by Crippen LogP contribution is -2.03. The van der Waals surface area contributed by atoms with Gasteiger partial charge in [0.05, 0.1) is 18.7 Å². The highest BCUT2D eigenvalue weighted by Gasteiger charge is 2.17. The van der Waals surface area contributed by atoms with E-state index in [1.54, 1.807) is 24.2 Å². The number of methoxy groups -OCH3 is 1. The molecule has 4 rings (SSSR count). The number of oxime groups is 1. The molecule has 0 amide bonds. The molecule has 0 spiro atoms. The Labute approximate surface area is 173 Å². The Kier molecular flexibility index (Phi) is 5.62. The molecule has 0 saturated heterocycles. The van der Waals surface area contributed by atoms with Gasteiger partial charge in [0.2, 0.25) is 0 Å². The zero-order chi connectivity index (χ0) is 21.1. The van der Waals surface area contributed by atoms with Gasteiger partial charge in [-0.1, -0.05) is 5.16 Å². The van der Waals surface area contributed by atoms with Crippen LogP contribution in [-0.4, -0.2) is 49.2 Å². The maximum Gasteiger partial charge on any atom is 0.192 e. The maximum absolute atomic E-state index is 9.18. The molecule has 30 heavy (non-hydrogen) atoms. The number of hydrogen-bond acceptors (Lipinski definition) is 7. The number of hydrogen-bond donors (Lipinski definition) is 1. The second kappa shape index (κ2) is 8.50. The summed E-state index contributed by atoms with van der Waals surface area (Å²) in [5.41, 5.74) is 4.71. The number of fused-ring (bicyclic) bond motifs is 3. The molecule has 0 aliphatic heterocycles. The third-order valence-corrected chi connectivity index (χ3v) is 5.12. The number of aryl methyl sites for hydroxylation is 2. The molecule has 156 valence electrons. The Morgan fingerprint density at radius 2 is 1.97 bits per heavy atom. The van der Waals surface area contributed by atoms with Crippen LogP contribution in [0.15, 0.2) is 35.7 Å². The molecule has 3 aromatic heterocycles. The molecule has 0 fully saturated rings. The summed E-state index contributed by atoms with van der Waals surface area (Å²) in [7, 11) is 1.63. The Hall–Kier alpha value is -3.46. The molecule has 0 atom stereocenters. The molecule has 1 aromatic carbocycles. The van der Waals surface area contributed by atoms with Crippen LogP contribution in [0.1, 0.15) is 29.1 Å². The van der Waals surface area contributed by atoms with Crippen molar-refractivity contribution < 1.29 is 14.7 Å². The highest BCUT2D eigenvalue weighted by Crippen LogP contribution is 2.27. The van der Waals surface area contributed by atoms with Gasteiger partial charge in [0.1, 0.15) is 17.7 Å². The van der Waals surface area contributed by atoms with Gasteiger partial charge in [-0.2, -0.15) is 0 Å². The summed E-state index contributed by atoms with van der Waals surface area (Å²) in [6, 6.07) is 7.51. The van der Waals surface area contributed by atoms with E-state index >= 15 is 0 Å². The Morgan fingerprint density at radius 1 is 1.17 bits per heavy atom. The van der Waals surface area contributed by atoms with E-state index in [2.05, 4.69) is 38.6 Å². The second-order valence-electron chi connectivity index (χ2n) is 6.96. The number of ether oxygens (including phenoxy) is 1. The lowest BCUT2D eigenvalue weighted by atomic mass is 10.2. The highest BCUT2D eigenvalue weighted by atomic mass is 16.6. The monoisotopic (exact) mass is 408 g/mol. The topological polar surface area (TPSA) is 99.1 Å². The Balaban J connectivity index is 1.54. The lowest BCUT2D eigenvalue weighted by molar-refractivity contribution is 0.126. The van der Waals surface area contributed by atoms with Crippen molar-refractivity contribution in [2.45, 2.75) is 33.4 Å². The third kappa shape index (κ3) is 3.71. The molecular formula is C21H24N6O3. The molecule has 9 heteroatoms. The average molecular weight is 408 g/mol. The van der Waals surface area contributed by atoms with Gasteiger partial charge >= 0.3 is 0 Å². The molecule has 0 aliphatic rings. The van der Waals surface area contributed by atoms with Gasteiger partial charge in [-0.05, 0) is 55.7 Å². The highest BCUT2D eigenvalue weighted by molar-refractivity contribution is 5.93. The minimum Gasteiger partial charge on any atom is -0.497 e. The summed E-state index contributed by atoms with van der Waals surface area (Å²) in [6.07, 6.45) is 3.96. The Bertz CT molecular complexity index is 1190. The van der Waals surface area contributed by atoms with Gasteiger partial charge in [0.25, 0.3) is 0 Å². The Morgan fingerprint density at radius 3 is 2.70 bits per heavy atom. The average Bonchev–Trinajstić information content (AvgIpc) is 3.29. The van der Waals surface area contributed by atoms with Crippen LogP contribution >= 0.6 is 0 Å². The minimum atomic E-state index is 0.143. The summed E-state index contributed by atoms with van der Waals surface area (Å²) >= 11 is 0. The smallest absolute Gasteiger partial charge is 0.192 e. The van der Waals surface area contributed by atoms with Crippen molar-refractivity contribution in [3.63, 3.8) is 0 Å². The van der Waals surface area contributed by atoms with Crippen molar-refractivity contribution in [1.82, 2.24) is 24.1 Å². The van der Waals surface area contributed by atoms with Crippen LogP contribution in [0.5, 0.6) is 5.75 Å². The first-order valence-corrected chi connectivity index (χ1v) is 9.72. The summed E-state index contributed by atoms with van der Waals surface area (Å²) in [5, 5.41) is 18.6. The zero-order valence-electron chi connectivity index (χ0n) is 17.2. The van der Waals surface area contributed by atoms with E-state index in [0.29, 0.717) is 18.8 Å².